The molecule has 0 aromatic rings. The van der Waals surface area contributed by atoms with Crippen molar-refractivity contribution >= 4 is 5.71 Å². The normalized spacial score (nSPS) is 12.2. The Labute approximate surface area is 75.4 Å². The second-order valence-electron chi connectivity index (χ2n) is 3.14. The molecule has 0 fully saturated rings. The predicted molar refractivity (Wildman–Crippen MR) is 52.5 cm³/mol. The second kappa shape index (κ2) is 7.10. The van der Waals surface area contributed by atoms with E-state index in [1.165, 1.54) is 0 Å². The van der Waals surface area contributed by atoms with E-state index in [0.29, 0.717) is 0 Å². The lowest BCUT2D eigenvalue weighted by atomic mass is 10.1. The molecule has 0 aliphatic carbocycles. The van der Waals surface area contributed by atoms with Crippen LogP contribution in [0.3, 0.4) is 0 Å². The summed E-state index contributed by atoms with van der Waals surface area (Å²) in [6.45, 7) is 3.20. The summed E-state index contributed by atoms with van der Waals surface area (Å²) in [5.41, 5.74) is 1.16. The van der Waals surface area contributed by atoms with E-state index in [0.717, 1.165) is 31.5 Å². The summed E-state index contributed by atoms with van der Waals surface area (Å²) in [6.07, 6.45) is 3.19. The van der Waals surface area contributed by atoms with E-state index in [2.05, 4.69) is 31.1 Å². The van der Waals surface area contributed by atoms with Gasteiger partial charge < -0.3 is 9.74 Å². The van der Waals surface area contributed by atoms with E-state index < -0.39 is 0 Å². The number of hydrogen-bond donors (Lipinski definition) is 0. The number of hydrogen-bond acceptors (Lipinski definition) is 3. The van der Waals surface area contributed by atoms with Crippen LogP contribution in [0.2, 0.25) is 0 Å². The molecule has 0 N–H and O–H groups in total. The predicted octanol–water partition coefficient (Wildman–Crippen LogP) is 1.74. The molecule has 0 aromatic carbocycles. The molecular weight excluding hydrogens is 152 g/mol. The van der Waals surface area contributed by atoms with Crippen LogP contribution >= 0.6 is 0 Å². The van der Waals surface area contributed by atoms with Crippen LogP contribution < -0.4 is 0 Å². The van der Waals surface area contributed by atoms with Crippen molar-refractivity contribution in [3.8, 4) is 0 Å². The Morgan fingerprint density at radius 1 is 1.33 bits per heavy atom. The van der Waals surface area contributed by atoms with Gasteiger partial charge in [0.15, 0.2) is 0 Å². The van der Waals surface area contributed by atoms with E-state index in [4.69, 9.17) is 4.84 Å². The van der Waals surface area contributed by atoms with Crippen LogP contribution in [0.25, 0.3) is 0 Å². The van der Waals surface area contributed by atoms with Crippen molar-refractivity contribution in [2.75, 3.05) is 27.7 Å². The van der Waals surface area contributed by atoms with Crippen LogP contribution in [0.1, 0.15) is 26.2 Å². The quantitative estimate of drug-likeness (QED) is 0.450. The van der Waals surface area contributed by atoms with Gasteiger partial charge in [-0.1, -0.05) is 18.5 Å². The lowest BCUT2D eigenvalue weighted by Crippen LogP contribution is -2.16. The standard InChI is InChI=1S/C9H20N2O/c1-5-6-9(10-12-4)7-8-11(2)3/h5-8H2,1-4H3. The Balaban J connectivity index is 3.71. The third-order valence-electron chi connectivity index (χ3n) is 1.61. The highest BCUT2D eigenvalue weighted by atomic mass is 16.6. The first-order valence-electron chi connectivity index (χ1n) is 4.44. The molecule has 0 unspecified atom stereocenters. The minimum atomic E-state index is 1.01. The van der Waals surface area contributed by atoms with E-state index >= 15 is 0 Å². The third kappa shape index (κ3) is 6.16. The molecule has 0 aromatic heterocycles. The highest BCUT2D eigenvalue weighted by molar-refractivity contribution is 5.84. The monoisotopic (exact) mass is 172 g/mol. The Kier molecular flexibility index (Phi) is 6.76. The summed E-state index contributed by atoms with van der Waals surface area (Å²) in [7, 11) is 5.73. The van der Waals surface area contributed by atoms with Gasteiger partial charge in [-0.25, -0.2) is 0 Å². The lowest BCUT2D eigenvalue weighted by molar-refractivity contribution is 0.211. The minimum Gasteiger partial charge on any atom is -0.399 e. The van der Waals surface area contributed by atoms with Gasteiger partial charge in [0.2, 0.25) is 0 Å². The summed E-state index contributed by atoms with van der Waals surface area (Å²) in [6, 6.07) is 0. The first-order valence-corrected chi connectivity index (χ1v) is 4.44. The van der Waals surface area contributed by atoms with Crippen LogP contribution in [0.5, 0.6) is 0 Å². The molecule has 0 amide bonds. The van der Waals surface area contributed by atoms with Crippen molar-refractivity contribution in [1.82, 2.24) is 4.90 Å². The largest absolute Gasteiger partial charge is 0.399 e. The van der Waals surface area contributed by atoms with Gasteiger partial charge in [-0.3, -0.25) is 0 Å². The molecule has 72 valence electrons. The van der Waals surface area contributed by atoms with Gasteiger partial charge in [0.1, 0.15) is 7.11 Å². The summed E-state index contributed by atoms with van der Waals surface area (Å²) in [5, 5.41) is 3.98. The average Bonchev–Trinajstić information content (AvgIpc) is 2.01. The maximum atomic E-state index is 4.76. The van der Waals surface area contributed by atoms with Crippen LogP contribution in [0.4, 0.5) is 0 Å². The molecule has 0 heterocycles. The van der Waals surface area contributed by atoms with Crippen LogP contribution in [-0.2, 0) is 4.84 Å². The highest BCUT2D eigenvalue weighted by Crippen LogP contribution is 1.98. The minimum absolute atomic E-state index is 1.01. The van der Waals surface area contributed by atoms with E-state index in [-0.39, 0.29) is 0 Å². The van der Waals surface area contributed by atoms with Gasteiger partial charge in [-0.2, -0.15) is 0 Å². The Hall–Kier alpha value is -0.570. The molecule has 0 atom stereocenters. The van der Waals surface area contributed by atoms with Gasteiger partial charge >= 0.3 is 0 Å². The zero-order valence-corrected chi connectivity index (χ0v) is 8.63. The second-order valence-corrected chi connectivity index (χ2v) is 3.14. The first-order chi connectivity index (χ1) is 5.70. The SMILES string of the molecule is CCCC(CCN(C)C)=NOC. The topological polar surface area (TPSA) is 24.8 Å². The fourth-order valence-corrected chi connectivity index (χ4v) is 0.987. The molecule has 0 aliphatic heterocycles. The number of rotatable bonds is 6. The summed E-state index contributed by atoms with van der Waals surface area (Å²) < 4.78 is 0. The molecule has 3 heteroatoms. The maximum absolute atomic E-state index is 4.76. The first kappa shape index (κ1) is 11.4. The lowest BCUT2D eigenvalue weighted by Gasteiger charge is -2.09. The molecule has 0 radical (unpaired) electrons. The molecule has 0 rings (SSSR count). The molecular formula is C9H20N2O. The molecule has 0 saturated heterocycles. The van der Waals surface area contributed by atoms with Crippen molar-refractivity contribution in [3.05, 3.63) is 0 Å². The molecule has 0 bridgehead atoms. The maximum Gasteiger partial charge on any atom is 0.106 e. The summed E-state index contributed by atoms with van der Waals surface area (Å²) in [5.74, 6) is 0. The van der Waals surface area contributed by atoms with Crippen molar-refractivity contribution in [2.24, 2.45) is 5.16 Å². The third-order valence-corrected chi connectivity index (χ3v) is 1.61. The number of nitrogens with zero attached hydrogens (tertiary/aromatic N) is 2. The van der Waals surface area contributed by atoms with Gasteiger partial charge in [0.05, 0.1) is 5.71 Å². The van der Waals surface area contributed by atoms with Gasteiger partial charge in [0.25, 0.3) is 0 Å². The highest BCUT2D eigenvalue weighted by Gasteiger charge is 1.99. The molecule has 0 spiro atoms. The van der Waals surface area contributed by atoms with Crippen LogP contribution in [-0.4, -0.2) is 38.4 Å². The molecule has 3 nitrogen and oxygen atoms in total. The summed E-state index contributed by atoms with van der Waals surface area (Å²) in [4.78, 5) is 6.91. The average molecular weight is 172 g/mol. The van der Waals surface area contributed by atoms with Gasteiger partial charge in [-0.15, -0.1) is 0 Å². The van der Waals surface area contributed by atoms with Crippen molar-refractivity contribution in [3.63, 3.8) is 0 Å². The van der Waals surface area contributed by atoms with Crippen LogP contribution in [0, 0.1) is 0 Å². The molecule has 0 aliphatic rings. The van der Waals surface area contributed by atoms with Crippen molar-refractivity contribution < 1.29 is 4.84 Å². The van der Waals surface area contributed by atoms with Crippen molar-refractivity contribution in [1.29, 1.82) is 0 Å². The molecule has 12 heavy (non-hydrogen) atoms. The van der Waals surface area contributed by atoms with Gasteiger partial charge in [0, 0.05) is 13.0 Å². The van der Waals surface area contributed by atoms with E-state index in [1.54, 1.807) is 7.11 Å². The fraction of sp³-hybridized carbons (Fsp3) is 0.889. The summed E-state index contributed by atoms with van der Waals surface area (Å²) >= 11 is 0. The number of oxime groups is 1. The Bertz CT molecular complexity index is 132. The van der Waals surface area contributed by atoms with Crippen LogP contribution in [0.15, 0.2) is 5.16 Å². The van der Waals surface area contributed by atoms with E-state index in [1.807, 2.05) is 0 Å². The molecule has 0 saturated carbocycles. The van der Waals surface area contributed by atoms with E-state index in [9.17, 15) is 0 Å². The Morgan fingerprint density at radius 3 is 2.42 bits per heavy atom. The zero-order valence-electron chi connectivity index (χ0n) is 8.63. The zero-order chi connectivity index (χ0) is 9.40. The van der Waals surface area contributed by atoms with Gasteiger partial charge in [-0.05, 0) is 20.5 Å². The smallest absolute Gasteiger partial charge is 0.106 e. The Morgan fingerprint density at radius 2 is 2.00 bits per heavy atom. The fourth-order valence-electron chi connectivity index (χ4n) is 0.987. The van der Waals surface area contributed by atoms with Crippen molar-refractivity contribution in [2.45, 2.75) is 26.2 Å².